The molecule has 0 rings (SSSR count). The maximum Gasteiger partial charge on any atom is 0.430 e. The van der Waals surface area contributed by atoms with Crippen LogP contribution in [0.4, 0.5) is 9.59 Å². The van der Waals surface area contributed by atoms with Crippen molar-refractivity contribution in [3.63, 3.8) is 0 Å². The summed E-state index contributed by atoms with van der Waals surface area (Å²) < 4.78 is 20.6. The molecule has 0 aromatic rings. The van der Waals surface area contributed by atoms with E-state index in [2.05, 4.69) is 10.2 Å². The fourth-order valence-electron chi connectivity index (χ4n) is 3.39. The van der Waals surface area contributed by atoms with E-state index in [0.29, 0.717) is 19.4 Å². The maximum atomic E-state index is 12.7. The fourth-order valence-corrected chi connectivity index (χ4v) is 3.39. The summed E-state index contributed by atoms with van der Waals surface area (Å²) in [6.07, 6.45) is 1.53. The number of hydrogen-bond acceptors (Lipinski definition) is 11. The van der Waals surface area contributed by atoms with E-state index in [1.807, 2.05) is 0 Å². The van der Waals surface area contributed by atoms with Crippen molar-refractivity contribution in [3.05, 3.63) is 0 Å². The topological polar surface area (TPSA) is 162 Å². The summed E-state index contributed by atoms with van der Waals surface area (Å²) in [4.78, 5) is 50.3. The Labute approximate surface area is 238 Å². The van der Waals surface area contributed by atoms with Crippen molar-refractivity contribution in [2.24, 2.45) is 21.9 Å². The molecule has 2 amide bonds. The van der Waals surface area contributed by atoms with E-state index in [4.69, 9.17) is 24.7 Å². The number of unbranched alkanes of at least 4 members (excludes halogenated alkanes) is 3. The van der Waals surface area contributed by atoms with Crippen LogP contribution in [-0.2, 0) is 28.5 Å². The number of amides is 2. The highest BCUT2D eigenvalue weighted by molar-refractivity contribution is 6.15. The van der Waals surface area contributed by atoms with Crippen molar-refractivity contribution in [2.75, 3.05) is 34.9 Å². The maximum absolute atomic E-state index is 12.7. The quantitative estimate of drug-likeness (QED) is 0.106. The van der Waals surface area contributed by atoms with Gasteiger partial charge in [-0.2, -0.15) is 10.2 Å². The molecule has 2 N–H and O–H groups in total. The van der Waals surface area contributed by atoms with E-state index in [9.17, 15) is 19.2 Å². The highest BCUT2D eigenvalue weighted by Crippen LogP contribution is 2.22. The summed E-state index contributed by atoms with van der Waals surface area (Å²) in [5.41, 5.74) is 4.48. The van der Waals surface area contributed by atoms with Gasteiger partial charge in [-0.1, -0.05) is 19.3 Å². The Kier molecular flexibility index (Phi) is 16.1. The lowest BCUT2D eigenvalue weighted by molar-refractivity contribution is -0.140. The first-order valence-corrected chi connectivity index (χ1v) is 13.4. The van der Waals surface area contributed by atoms with Crippen molar-refractivity contribution < 1.29 is 38.1 Å². The summed E-state index contributed by atoms with van der Waals surface area (Å²) in [6.45, 7) is 10.9. The number of ether oxygens (including phenoxy) is 4. The van der Waals surface area contributed by atoms with E-state index in [-0.39, 0.29) is 24.3 Å². The van der Waals surface area contributed by atoms with Crippen LogP contribution >= 0.6 is 0 Å². The molecule has 0 radical (unpaired) electrons. The molecule has 0 saturated carbocycles. The summed E-state index contributed by atoms with van der Waals surface area (Å²) in [5.74, 6) is -1.95. The number of hydrazone groups is 2. The van der Waals surface area contributed by atoms with Gasteiger partial charge in [0.1, 0.15) is 11.2 Å². The van der Waals surface area contributed by atoms with Crippen molar-refractivity contribution >= 4 is 35.5 Å². The van der Waals surface area contributed by atoms with Crippen molar-refractivity contribution in [3.8, 4) is 0 Å². The molecule has 0 spiro atoms. The predicted octanol–water partition coefficient (Wildman–Crippen LogP) is 4.08. The smallest absolute Gasteiger partial charge is 0.430 e. The summed E-state index contributed by atoms with van der Waals surface area (Å²) in [7, 11) is 5.26. The van der Waals surface area contributed by atoms with Crippen molar-refractivity contribution in [1.82, 2.24) is 10.0 Å². The largest absolute Gasteiger partial charge is 0.469 e. The van der Waals surface area contributed by atoms with Crippen LogP contribution in [0.2, 0.25) is 0 Å². The lowest BCUT2D eigenvalue weighted by Crippen LogP contribution is -2.37. The molecular formula is C27H49N5O8. The van der Waals surface area contributed by atoms with Crippen LogP contribution in [0.1, 0.15) is 86.5 Å². The lowest BCUT2D eigenvalue weighted by atomic mass is 9.88. The normalized spacial score (nSPS) is 13.3. The molecule has 0 aromatic heterocycles. The van der Waals surface area contributed by atoms with Gasteiger partial charge in [-0.3, -0.25) is 9.59 Å². The van der Waals surface area contributed by atoms with Crippen LogP contribution < -0.4 is 5.73 Å². The van der Waals surface area contributed by atoms with E-state index >= 15 is 0 Å². The van der Waals surface area contributed by atoms with Gasteiger partial charge in [0.15, 0.2) is 0 Å². The van der Waals surface area contributed by atoms with Crippen molar-refractivity contribution in [2.45, 2.75) is 97.7 Å². The minimum atomic E-state index is -0.778. The van der Waals surface area contributed by atoms with Gasteiger partial charge in [0.2, 0.25) is 0 Å². The van der Waals surface area contributed by atoms with E-state index < -0.39 is 41.2 Å². The summed E-state index contributed by atoms with van der Waals surface area (Å²) >= 11 is 0. The van der Waals surface area contributed by atoms with E-state index in [1.165, 1.54) is 28.3 Å². The number of carbonyl (C=O) groups excluding carboxylic acids is 4. The average molecular weight is 572 g/mol. The second-order valence-corrected chi connectivity index (χ2v) is 11.2. The van der Waals surface area contributed by atoms with Gasteiger partial charge in [-0.25, -0.2) is 19.6 Å². The Morgan fingerprint density at radius 2 is 1.07 bits per heavy atom. The van der Waals surface area contributed by atoms with Gasteiger partial charge in [0.25, 0.3) is 0 Å². The van der Waals surface area contributed by atoms with E-state index in [0.717, 1.165) is 29.3 Å². The molecular weight excluding hydrogens is 522 g/mol. The average Bonchev–Trinajstić information content (AvgIpc) is 2.83. The van der Waals surface area contributed by atoms with Crippen LogP contribution in [0, 0.1) is 5.92 Å². The first-order chi connectivity index (χ1) is 18.4. The third-order valence-corrected chi connectivity index (χ3v) is 5.23. The van der Waals surface area contributed by atoms with Crippen LogP contribution in [0.25, 0.3) is 0 Å². The standard InChI is InChI=1S/C27H49N5O8/c1-26(2,3)39-24(35)31(7)29-20(17-22(33)37-9)19(15-13-11-12-14-16-28)21(18-23(34)38-10)30-32(8)25(36)40-27(4,5)6/h19H,11-18,28H2,1-10H3/b29-20+,30-21+. The third-order valence-electron chi connectivity index (χ3n) is 5.23. The van der Waals surface area contributed by atoms with Gasteiger partial charge in [-0.15, -0.1) is 0 Å². The number of nitrogens with zero attached hydrogens (tertiary/aromatic N) is 4. The SMILES string of the molecule is COC(=O)C/C(=N\N(C)C(=O)OC(C)(C)C)C(CCCCCCN)/C(CC(=O)OC)=N/N(C)C(=O)OC(C)(C)C. The molecule has 0 unspecified atom stereocenters. The molecule has 0 saturated heterocycles. The number of nitrogens with two attached hydrogens (primary N) is 1. The van der Waals surface area contributed by atoms with Crippen LogP contribution in [-0.4, -0.2) is 91.6 Å². The second-order valence-electron chi connectivity index (χ2n) is 11.2. The first kappa shape index (κ1) is 36.8. The van der Waals surface area contributed by atoms with E-state index in [1.54, 1.807) is 41.5 Å². The second kappa shape index (κ2) is 17.5. The molecule has 0 aliphatic heterocycles. The molecule has 230 valence electrons. The zero-order valence-electron chi connectivity index (χ0n) is 25.9. The number of methoxy groups -OCH3 is 2. The van der Waals surface area contributed by atoms with Gasteiger partial charge in [0, 0.05) is 20.0 Å². The van der Waals surface area contributed by atoms with Gasteiger partial charge in [-0.05, 0) is 60.9 Å². The minimum Gasteiger partial charge on any atom is -0.469 e. The summed E-state index contributed by atoms with van der Waals surface area (Å²) in [6, 6.07) is 0. The fraction of sp³-hybridized carbons (Fsp3) is 0.778. The molecule has 40 heavy (non-hydrogen) atoms. The zero-order valence-corrected chi connectivity index (χ0v) is 25.9. The Morgan fingerprint density at radius 1 is 0.700 bits per heavy atom. The highest BCUT2D eigenvalue weighted by Gasteiger charge is 2.30. The first-order valence-electron chi connectivity index (χ1n) is 13.4. The number of rotatable bonds is 14. The highest BCUT2D eigenvalue weighted by atomic mass is 16.6. The van der Waals surface area contributed by atoms with Gasteiger partial charge < -0.3 is 24.7 Å². The van der Waals surface area contributed by atoms with Crippen LogP contribution in [0.15, 0.2) is 10.2 Å². The molecule has 13 heteroatoms. The Hall–Kier alpha value is -3.22. The molecule has 0 fully saturated rings. The molecule has 0 aliphatic rings. The Balaban J connectivity index is 6.77. The van der Waals surface area contributed by atoms with Gasteiger partial charge >= 0.3 is 24.1 Å². The van der Waals surface area contributed by atoms with Gasteiger partial charge in [0.05, 0.1) is 38.5 Å². The molecule has 0 bridgehead atoms. The third kappa shape index (κ3) is 16.0. The molecule has 0 aliphatic carbocycles. The number of esters is 2. The number of hydrogen-bond donors (Lipinski definition) is 1. The lowest BCUT2D eigenvalue weighted by Gasteiger charge is -2.26. The molecule has 0 atom stereocenters. The monoisotopic (exact) mass is 571 g/mol. The van der Waals surface area contributed by atoms with Crippen molar-refractivity contribution in [1.29, 1.82) is 0 Å². The molecule has 0 heterocycles. The molecule has 13 nitrogen and oxygen atoms in total. The minimum absolute atomic E-state index is 0.208. The Bertz CT molecular complexity index is 840. The molecule has 0 aromatic carbocycles. The summed E-state index contributed by atoms with van der Waals surface area (Å²) in [5, 5.41) is 10.8. The zero-order chi connectivity index (χ0) is 31.1. The Morgan fingerprint density at radius 3 is 1.40 bits per heavy atom. The number of carbonyl (C=O) groups is 4. The van der Waals surface area contributed by atoms with Crippen LogP contribution in [0.3, 0.4) is 0 Å². The van der Waals surface area contributed by atoms with Crippen LogP contribution in [0.5, 0.6) is 0 Å². The predicted molar refractivity (Wildman–Crippen MR) is 152 cm³/mol.